The maximum Gasteiger partial charge on any atom is 0.0399 e. The lowest BCUT2D eigenvalue weighted by atomic mass is 10.2. The van der Waals surface area contributed by atoms with Crippen LogP contribution in [0.4, 0.5) is 0 Å². The summed E-state index contributed by atoms with van der Waals surface area (Å²) in [7, 11) is 0. The Labute approximate surface area is 89.6 Å². The fraction of sp³-hybridized carbons (Fsp3) is 0.615. The highest BCUT2D eigenvalue weighted by Gasteiger charge is 1.87. The summed E-state index contributed by atoms with van der Waals surface area (Å²) in [5.74, 6) is 0. The highest BCUT2D eigenvalue weighted by molar-refractivity contribution is 5.55. The fourth-order valence-corrected chi connectivity index (χ4v) is 0.820. The molecule has 14 heavy (non-hydrogen) atoms. The van der Waals surface area contributed by atoms with E-state index in [4.69, 9.17) is 0 Å². The van der Waals surface area contributed by atoms with E-state index in [-0.39, 0.29) is 0 Å². The van der Waals surface area contributed by atoms with Gasteiger partial charge in [-0.25, -0.2) is 0 Å². The monoisotopic (exact) mass is 195 g/mol. The van der Waals surface area contributed by atoms with Gasteiger partial charge in [-0.15, -0.1) is 0 Å². The van der Waals surface area contributed by atoms with E-state index in [2.05, 4.69) is 31.8 Å². The van der Waals surface area contributed by atoms with Crippen molar-refractivity contribution in [3.8, 4) is 0 Å². The van der Waals surface area contributed by atoms with Crippen LogP contribution in [-0.2, 0) is 0 Å². The lowest BCUT2D eigenvalue weighted by Gasteiger charge is -1.95. The van der Waals surface area contributed by atoms with E-state index in [1.54, 1.807) is 0 Å². The largest absolute Gasteiger partial charge is 0.266 e. The van der Waals surface area contributed by atoms with Crippen LogP contribution in [-0.4, -0.2) is 6.21 Å². The van der Waals surface area contributed by atoms with Crippen molar-refractivity contribution in [2.75, 3.05) is 0 Å². The van der Waals surface area contributed by atoms with Gasteiger partial charge < -0.3 is 0 Å². The molecule has 0 saturated carbocycles. The molecule has 0 aromatic carbocycles. The lowest BCUT2D eigenvalue weighted by molar-refractivity contribution is 0.894. The van der Waals surface area contributed by atoms with Gasteiger partial charge in [0, 0.05) is 11.9 Å². The molecule has 0 atom stereocenters. The van der Waals surface area contributed by atoms with Gasteiger partial charge >= 0.3 is 0 Å². The van der Waals surface area contributed by atoms with Crippen LogP contribution in [0.2, 0.25) is 0 Å². The molecule has 0 N–H and O–H groups in total. The zero-order chi connectivity index (χ0) is 11.2. The average Bonchev–Trinajstić information content (AvgIpc) is 2.16. The van der Waals surface area contributed by atoms with Gasteiger partial charge in [-0.05, 0) is 26.3 Å². The van der Waals surface area contributed by atoms with E-state index in [1.807, 2.05) is 32.2 Å². The summed E-state index contributed by atoms with van der Waals surface area (Å²) in [6, 6.07) is 0. The van der Waals surface area contributed by atoms with Crippen LogP contribution < -0.4 is 0 Å². The van der Waals surface area contributed by atoms with Crippen molar-refractivity contribution in [1.29, 1.82) is 0 Å². The Balaban J connectivity index is 0. The molecule has 0 rings (SSSR count). The highest BCUT2D eigenvalue weighted by atomic mass is 14.7. The van der Waals surface area contributed by atoms with E-state index in [9.17, 15) is 0 Å². The van der Waals surface area contributed by atoms with Crippen LogP contribution in [0.1, 0.15) is 53.9 Å². The smallest absolute Gasteiger partial charge is 0.0399 e. The SMILES string of the molecule is CC=N/C(=C\C=C/C)CCC.CCC. The molecule has 0 spiro atoms. The molecule has 0 aliphatic heterocycles. The minimum Gasteiger partial charge on any atom is -0.266 e. The normalized spacial score (nSPS) is 11.9. The third kappa shape index (κ3) is 13.7. The summed E-state index contributed by atoms with van der Waals surface area (Å²) < 4.78 is 0. The molecular weight excluding hydrogens is 170 g/mol. The second-order valence-corrected chi connectivity index (χ2v) is 3.03. The molecule has 0 unspecified atom stereocenters. The minimum atomic E-state index is 1.06. The van der Waals surface area contributed by atoms with Crippen molar-refractivity contribution in [2.45, 2.75) is 53.9 Å². The van der Waals surface area contributed by atoms with Gasteiger partial charge in [-0.2, -0.15) is 0 Å². The molecule has 0 aromatic heterocycles. The Morgan fingerprint density at radius 3 is 2.07 bits per heavy atom. The summed E-state index contributed by atoms with van der Waals surface area (Å²) in [6.07, 6.45) is 11.4. The molecule has 0 amide bonds. The van der Waals surface area contributed by atoms with Crippen LogP contribution >= 0.6 is 0 Å². The molecule has 0 heterocycles. The molecular formula is C13H25N. The molecule has 1 nitrogen and oxygen atoms in total. The molecule has 0 radical (unpaired) electrons. The predicted octanol–water partition coefficient (Wildman–Crippen LogP) is 4.75. The van der Waals surface area contributed by atoms with Crippen molar-refractivity contribution in [2.24, 2.45) is 4.99 Å². The molecule has 0 saturated heterocycles. The second-order valence-electron chi connectivity index (χ2n) is 3.03. The van der Waals surface area contributed by atoms with Crippen LogP contribution in [0.15, 0.2) is 28.9 Å². The first-order valence-corrected chi connectivity index (χ1v) is 5.57. The van der Waals surface area contributed by atoms with Crippen molar-refractivity contribution in [3.63, 3.8) is 0 Å². The van der Waals surface area contributed by atoms with E-state index in [0.717, 1.165) is 18.5 Å². The van der Waals surface area contributed by atoms with Gasteiger partial charge in [0.25, 0.3) is 0 Å². The summed E-state index contributed by atoms with van der Waals surface area (Å²) in [4.78, 5) is 4.24. The van der Waals surface area contributed by atoms with Crippen LogP contribution in [0.3, 0.4) is 0 Å². The first-order chi connectivity index (χ1) is 6.76. The number of aliphatic imine (C=N–C) groups is 1. The lowest BCUT2D eigenvalue weighted by Crippen LogP contribution is -1.77. The molecule has 82 valence electrons. The zero-order valence-corrected chi connectivity index (χ0v) is 10.4. The highest BCUT2D eigenvalue weighted by Crippen LogP contribution is 2.05. The van der Waals surface area contributed by atoms with Crippen LogP contribution in [0.5, 0.6) is 0 Å². The second kappa shape index (κ2) is 14.7. The molecule has 0 aromatic rings. The maximum atomic E-state index is 4.24. The number of rotatable bonds is 4. The topological polar surface area (TPSA) is 12.4 Å². The summed E-state index contributed by atoms with van der Waals surface area (Å²) in [5.41, 5.74) is 1.16. The predicted molar refractivity (Wildman–Crippen MR) is 67.9 cm³/mol. The van der Waals surface area contributed by atoms with Gasteiger partial charge in [-0.3, -0.25) is 4.99 Å². The Morgan fingerprint density at radius 1 is 1.14 bits per heavy atom. The maximum absolute atomic E-state index is 4.24. The van der Waals surface area contributed by atoms with Crippen molar-refractivity contribution in [3.05, 3.63) is 23.9 Å². The number of hydrogen-bond acceptors (Lipinski definition) is 1. The Hall–Kier alpha value is -0.850. The minimum absolute atomic E-state index is 1.06. The third-order valence-electron chi connectivity index (χ3n) is 1.28. The number of nitrogens with zero attached hydrogens (tertiary/aromatic N) is 1. The van der Waals surface area contributed by atoms with Gasteiger partial charge in [0.15, 0.2) is 0 Å². The zero-order valence-electron chi connectivity index (χ0n) is 10.4. The molecule has 0 fully saturated rings. The molecule has 0 aliphatic rings. The molecule has 0 aliphatic carbocycles. The van der Waals surface area contributed by atoms with E-state index in [0.29, 0.717) is 0 Å². The Bertz CT molecular complexity index is 176. The van der Waals surface area contributed by atoms with Gasteiger partial charge in [0.1, 0.15) is 0 Å². The quantitative estimate of drug-likeness (QED) is 0.453. The molecule has 0 bridgehead atoms. The van der Waals surface area contributed by atoms with Crippen molar-refractivity contribution >= 4 is 6.21 Å². The van der Waals surface area contributed by atoms with E-state index < -0.39 is 0 Å². The third-order valence-corrected chi connectivity index (χ3v) is 1.28. The first kappa shape index (κ1) is 15.6. The Morgan fingerprint density at radius 2 is 1.71 bits per heavy atom. The number of allylic oxidation sites excluding steroid dienone is 4. The van der Waals surface area contributed by atoms with Crippen LogP contribution in [0.25, 0.3) is 0 Å². The van der Waals surface area contributed by atoms with Crippen molar-refractivity contribution in [1.82, 2.24) is 0 Å². The average molecular weight is 195 g/mol. The van der Waals surface area contributed by atoms with Gasteiger partial charge in [-0.1, -0.05) is 45.8 Å². The number of hydrogen-bond donors (Lipinski definition) is 0. The fourth-order valence-electron chi connectivity index (χ4n) is 0.820. The summed E-state index contributed by atoms with van der Waals surface area (Å²) in [5, 5.41) is 0. The summed E-state index contributed by atoms with van der Waals surface area (Å²) in [6.45, 7) is 10.4. The van der Waals surface area contributed by atoms with Crippen molar-refractivity contribution < 1.29 is 0 Å². The Kier molecular flexibility index (Phi) is 16.4. The van der Waals surface area contributed by atoms with E-state index in [1.165, 1.54) is 6.42 Å². The summed E-state index contributed by atoms with van der Waals surface area (Å²) >= 11 is 0. The molecule has 1 heteroatoms. The standard InChI is InChI=1S/C10H17N.C3H8/c1-4-7-9-10(8-5-2)11-6-3;1-3-2/h4,6-7,9H,5,8H2,1-3H3;3H2,1-2H3/b7-4-,10-9-,11-6?;. The van der Waals surface area contributed by atoms with Gasteiger partial charge in [0.2, 0.25) is 0 Å². The van der Waals surface area contributed by atoms with Crippen LogP contribution in [0, 0.1) is 0 Å². The van der Waals surface area contributed by atoms with E-state index >= 15 is 0 Å². The van der Waals surface area contributed by atoms with Gasteiger partial charge in [0.05, 0.1) is 0 Å². The first-order valence-electron chi connectivity index (χ1n) is 5.57.